The van der Waals surface area contributed by atoms with E-state index in [0.29, 0.717) is 17.4 Å². The van der Waals surface area contributed by atoms with E-state index in [1.54, 1.807) is 12.1 Å². The minimum Gasteiger partial charge on any atom is -0.394 e. The maximum absolute atomic E-state index is 13.8. The number of benzene rings is 1. The lowest BCUT2D eigenvalue weighted by Gasteiger charge is -2.60. The number of rotatable bonds is 5. The number of nitrogens with one attached hydrogen (secondary N) is 2. The van der Waals surface area contributed by atoms with E-state index in [2.05, 4.69) is 10.6 Å². The van der Waals surface area contributed by atoms with Crippen LogP contribution in [0, 0.1) is 29.1 Å². The Balaban J connectivity index is 1.66. The second-order valence-electron chi connectivity index (χ2n) is 10.6. The van der Waals surface area contributed by atoms with Gasteiger partial charge in [-0.15, -0.1) is 0 Å². The summed E-state index contributed by atoms with van der Waals surface area (Å²) in [5.41, 5.74) is -0.553. The number of aliphatic hydroxyl groups excluding tert-OH is 1. The second-order valence-corrected chi connectivity index (χ2v) is 10.6. The van der Waals surface area contributed by atoms with Crippen LogP contribution in [0.3, 0.4) is 0 Å². The van der Waals surface area contributed by atoms with Gasteiger partial charge in [-0.25, -0.2) is 0 Å². The molecule has 5 nitrogen and oxygen atoms in total. The van der Waals surface area contributed by atoms with Gasteiger partial charge in [0.05, 0.1) is 12.6 Å². The van der Waals surface area contributed by atoms with Crippen molar-refractivity contribution in [3.05, 3.63) is 35.9 Å². The molecule has 1 aromatic carbocycles. The summed E-state index contributed by atoms with van der Waals surface area (Å²) in [5, 5.41) is 16.3. The highest BCUT2D eigenvalue weighted by Gasteiger charge is 2.62. The topological polar surface area (TPSA) is 78.4 Å². The Bertz CT molecular complexity index is 740. The van der Waals surface area contributed by atoms with Gasteiger partial charge in [0, 0.05) is 5.56 Å². The van der Waals surface area contributed by atoms with Crippen LogP contribution in [0.15, 0.2) is 30.3 Å². The third kappa shape index (κ3) is 3.58. The van der Waals surface area contributed by atoms with E-state index in [0.717, 1.165) is 25.7 Å². The molecule has 5 heteroatoms. The zero-order chi connectivity index (χ0) is 20.8. The van der Waals surface area contributed by atoms with Gasteiger partial charge in [0.2, 0.25) is 5.91 Å². The first-order valence-corrected chi connectivity index (χ1v) is 11.0. The number of carbonyl (C=O) groups is 2. The standard InChI is InChI=1S/C24H34N2O3/c1-23(2,3)20(14-27)25-22(29)24(26-21(28)17-7-5-4-6-8-17)18-10-15-9-16(12-18)13-19(24)11-15/h4-8,15-16,18-20,27H,9-14H2,1-3H3,(H,25,29)(H,26,28)/t15?,16?,18?,19?,20-,24?/m1/s1. The quantitative estimate of drug-likeness (QED) is 0.713. The molecular weight excluding hydrogens is 364 g/mol. The normalized spacial score (nSPS) is 33.9. The first-order valence-electron chi connectivity index (χ1n) is 11.0. The lowest BCUT2D eigenvalue weighted by Crippen LogP contribution is -2.73. The molecule has 0 unspecified atom stereocenters. The molecule has 4 bridgehead atoms. The highest BCUT2D eigenvalue weighted by molar-refractivity contribution is 6.00. The molecule has 4 fully saturated rings. The van der Waals surface area contributed by atoms with Crippen LogP contribution in [0.25, 0.3) is 0 Å². The van der Waals surface area contributed by atoms with E-state index in [-0.39, 0.29) is 41.7 Å². The van der Waals surface area contributed by atoms with Crippen LogP contribution in [-0.4, -0.2) is 35.1 Å². The first-order chi connectivity index (χ1) is 13.7. The van der Waals surface area contributed by atoms with Crippen molar-refractivity contribution < 1.29 is 14.7 Å². The Morgan fingerprint density at radius 2 is 1.59 bits per heavy atom. The smallest absolute Gasteiger partial charge is 0.252 e. The van der Waals surface area contributed by atoms with Gasteiger partial charge in [-0.05, 0) is 73.3 Å². The van der Waals surface area contributed by atoms with Gasteiger partial charge in [0.15, 0.2) is 0 Å². The van der Waals surface area contributed by atoms with Gasteiger partial charge in [-0.3, -0.25) is 9.59 Å². The van der Waals surface area contributed by atoms with E-state index >= 15 is 0 Å². The third-order valence-electron chi connectivity index (χ3n) is 7.69. The predicted molar refractivity (Wildman–Crippen MR) is 112 cm³/mol. The molecule has 0 saturated heterocycles. The number of amides is 2. The monoisotopic (exact) mass is 398 g/mol. The van der Waals surface area contributed by atoms with Crippen molar-refractivity contribution in [2.75, 3.05) is 6.61 Å². The fourth-order valence-corrected chi connectivity index (χ4v) is 6.22. The summed E-state index contributed by atoms with van der Waals surface area (Å²) < 4.78 is 0. The van der Waals surface area contributed by atoms with Crippen LogP contribution in [0.2, 0.25) is 0 Å². The Morgan fingerprint density at radius 3 is 2.07 bits per heavy atom. The second kappa shape index (κ2) is 7.42. The maximum Gasteiger partial charge on any atom is 0.252 e. The Morgan fingerprint density at radius 1 is 1.03 bits per heavy atom. The van der Waals surface area contributed by atoms with Gasteiger partial charge in [-0.1, -0.05) is 39.0 Å². The largest absolute Gasteiger partial charge is 0.394 e. The molecule has 4 aliphatic rings. The zero-order valence-corrected chi connectivity index (χ0v) is 17.8. The zero-order valence-electron chi connectivity index (χ0n) is 17.8. The molecule has 4 aliphatic carbocycles. The van der Waals surface area contributed by atoms with Crippen LogP contribution in [-0.2, 0) is 4.79 Å². The number of aliphatic hydroxyl groups is 1. The molecule has 5 rings (SSSR count). The average molecular weight is 399 g/mol. The van der Waals surface area contributed by atoms with Crippen molar-refractivity contribution >= 4 is 11.8 Å². The van der Waals surface area contributed by atoms with Crippen molar-refractivity contribution in [2.24, 2.45) is 29.1 Å². The molecule has 4 saturated carbocycles. The molecule has 0 radical (unpaired) electrons. The van der Waals surface area contributed by atoms with E-state index in [9.17, 15) is 14.7 Å². The summed E-state index contributed by atoms with van der Waals surface area (Å²) in [4.78, 5) is 27.0. The molecule has 2 amide bonds. The summed E-state index contributed by atoms with van der Waals surface area (Å²) in [6.45, 7) is 5.93. The van der Waals surface area contributed by atoms with Gasteiger partial charge >= 0.3 is 0 Å². The van der Waals surface area contributed by atoms with Crippen LogP contribution < -0.4 is 10.6 Å². The summed E-state index contributed by atoms with van der Waals surface area (Å²) in [6, 6.07) is 8.82. The van der Waals surface area contributed by atoms with Gasteiger partial charge in [-0.2, -0.15) is 0 Å². The fraction of sp³-hybridized carbons (Fsp3) is 0.667. The van der Waals surface area contributed by atoms with Gasteiger partial charge in [0.1, 0.15) is 5.54 Å². The highest BCUT2D eigenvalue weighted by Crippen LogP contribution is 2.58. The molecule has 0 spiro atoms. The van der Waals surface area contributed by atoms with Crippen LogP contribution >= 0.6 is 0 Å². The van der Waals surface area contributed by atoms with Crippen LogP contribution in [0.5, 0.6) is 0 Å². The first kappa shape index (κ1) is 20.4. The molecular formula is C24H34N2O3. The van der Waals surface area contributed by atoms with Crippen molar-refractivity contribution in [1.82, 2.24) is 10.6 Å². The fourth-order valence-electron chi connectivity index (χ4n) is 6.22. The Kier molecular flexibility index (Phi) is 5.22. The lowest BCUT2D eigenvalue weighted by molar-refractivity contribution is -0.147. The van der Waals surface area contributed by atoms with Gasteiger partial charge in [0.25, 0.3) is 5.91 Å². The van der Waals surface area contributed by atoms with E-state index in [4.69, 9.17) is 0 Å². The highest BCUT2D eigenvalue weighted by atomic mass is 16.3. The predicted octanol–water partition coefficient (Wildman–Crippen LogP) is 3.13. The molecule has 29 heavy (non-hydrogen) atoms. The summed E-state index contributed by atoms with van der Waals surface area (Å²) in [7, 11) is 0. The Labute approximate surface area is 173 Å². The summed E-state index contributed by atoms with van der Waals surface area (Å²) >= 11 is 0. The van der Waals surface area contributed by atoms with Crippen LogP contribution in [0.4, 0.5) is 0 Å². The van der Waals surface area contributed by atoms with Crippen molar-refractivity contribution in [3.63, 3.8) is 0 Å². The summed E-state index contributed by atoms with van der Waals surface area (Å²) in [5.74, 6) is 1.43. The molecule has 158 valence electrons. The molecule has 3 N–H and O–H groups in total. The molecule has 0 aliphatic heterocycles. The third-order valence-corrected chi connectivity index (χ3v) is 7.69. The van der Waals surface area contributed by atoms with E-state index in [1.807, 2.05) is 39.0 Å². The van der Waals surface area contributed by atoms with Crippen molar-refractivity contribution in [3.8, 4) is 0 Å². The number of hydrogen-bond donors (Lipinski definition) is 3. The minimum absolute atomic E-state index is 0.107. The van der Waals surface area contributed by atoms with Crippen molar-refractivity contribution in [1.29, 1.82) is 0 Å². The van der Waals surface area contributed by atoms with E-state index in [1.165, 1.54) is 6.42 Å². The van der Waals surface area contributed by atoms with Crippen molar-refractivity contribution in [2.45, 2.75) is 64.5 Å². The number of carbonyl (C=O) groups excluding carboxylic acids is 2. The molecule has 1 atom stereocenters. The molecule has 0 heterocycles. The SMILES string of the molecule is CC(C)(C)[C@@H](CO)NC(=O)C1(NC(=O)c2ccccc2)C2CC3CC(C2)CC1C3. The summed E-state index contributed by atoms with van der Waals surface area (Å²) in [6.07, 6.45) is 5.31. The lowest BCUT2D eigenvalue weighted by atomic mass is 9.48. The van der Waals surface area contributed by atoms with Gasteiger partial charge < -0.3 is 15.7 Å². The average Bonchev–Trinajstić information content (AvgIpc) is 2.67. The minimum atomic E-state index is -0.876. The molecule has 1 aromatic rings. The number of hydrogen-bond acceptors (Lipinski definition) is 3. The molecule has 0 aromatic heterocycles. The van der Waals surface area contributed by atoms with E-state index < -0.39 is 5.54 Å². The maximum atomic E-state index is 13.8. The van der Waals surface area contributed by atoms with Crippen LogP contribution in [0.1, 0.15) is 63.2 Å². The Hall–Kier alpha value is -1.88.